The van der Waals surface area contributed by atoms with Crippen molar-refractivity contribution >= 4 is 18.3 Å². The highest BCUT2D eigenvalue weighted by atomic mass is 32.3. The third-order valence-electron chi connectivity index (χ3n) is 0.211. The second-order valence-electron chi connectivity index (χ2n) is 1.94. The van der Waals surface area contributed by atoms with Crippen molar-refractivity contribution in [2.45, 2.75) is 0 Å². The zero-order valence-corrected chi connectivity index (χ0v) is 8.24. The minimum absolute atomic E-state index is 0.380. The molecule has 0 aliphatic rings. The van der Waals surface area contributed by atoms with Gasteiger partial charge in [0.15, 0.2) is 0 Å². The summed E-state index contributed by atoms with van der Waals surface area (Å²) in [7, 11) is -2.91. The van der Waals surface area contributed by atoms with Crippen molar-refractivity contribution in [2.24, 2.45) is 0 Å². The Hall–Kier alpha value is 0.300. The molecule has 0 aliphatic heterocycles. The molecule has 0 amide bonds. The third kappa shape index (κ3) is 40.6. The summed E-state index contributed by atoms with van der Waals surface area (Å²) >= 11 is 0. The molecule has 0 saturated carbocycles. The predicted molar refractivity (Wildman–Crippen MR) is 43.2 cm³/mol. The Kier molecular flexibility index (Phi) is 7.81. The second kappa shape index (κ2) is 6.04. The Morgan fingerprint density at radius 3 is 1.40 bits per heavy atom. The van der Waals surface area contributed by atoms with Crippen LogP contribution in [-0.2, 0) is 14.6 Å². The fourth-order valence-electron chi connectivity index (χ4n) is 0. The highest BCUT2D eigenvalue weighted by Crippen LogP contribution is 2.14. The molecule has 4 nitrogen and oxygen atoms in total. The van der Waals surface area contributed by atoms with Crippen LogP contribution in [0.2, 0.25) is 0 Å². The summed E-state index contributed by atoms with van der Waals surface area (Å²) in [6.45, 7) is 6.69. The van der Waals surface area contributed by atoms with E-state index in [0.717, 1.165) is 7.11 Å². The van der Waals surface area contributed by atoms with Gasteiger partial charge in [-0.25, -0.2) is 0 Å². The predicted octanol–water partition coefficient (Wildman–Crippen LogP) is 0.793. The lowest BCUT2D eigenvalue weighted by atomic mass is 11.8. The van der Waals surface area contributed by atoms with Gasteiger partial charge in [-0.1, -0.05) is 0 Å². The molecule has 0 aliphatic carbocycles. The fourth-order valence-corrected chi connectivity index (χ4v) is 0. The van der Waals surface area contributed by atoms with Crippen LogP contribution in [0.4, 0.5) is 0 Å². The summed E-state index contributed by atoms with van der Waals surface area (Å²) in [5.74, 6) is 0. The summed E-state index contributed by atoms with van der Waals surface area (Å²) in [4.78, 5) is 0. The van der Waals surface area contributed by atoms with E-state index in [2.05, 4.69) is 24.2 Å². The minimum atomic E-state index is -4.16. The van der Waals surface area contributed by atoms with E-state index in [9.17, 15) is 8.42 Å². The van der Waals surface area contributed by atoms with E-state index < -0.39 is 10.4 Å². The molecule has 0 bridgehead atoms. The van der Waals surface area contributed by atoms with Gasteiger partial charge in [0.05, 0.1) is 7.11 Å². The zero-order valence-electron chi connectivity index (χ0n) is 6.53. The van der Waals surface area contributed by atoms with Crippen molar-refractivity contribution in [1.82, 2.24) is 0 Å². The molecule has 0 aromatic rings. The Balaban J connectivity index is 0. The SMILES string of the molecule is COS(=O)(=O)O.CP(C)C. The number of hydrogen-bond acceptors (Lipinski definition) is 3. The first kappa shape index (κ1) is 12.9. The normalized spacial score (nSPS) is 10.6. The summed E-state index contributed by atoms with van der Waals surface area (Å²) in [5, 5.41) is 0. The van der Waals surface area contributed by atoms with E-state index in [1.807, 2.05) is 0 Å². The monoisotopic (exact) mass is 188 g/mol. The number of rotatable bonds is 1. The lowest BCUT2D eigenvalue weighted by Gasteiger charge is -1.82. The second-order valence-corrected chi connectivity index (χ2v) is 5.81. The zero-order chi connectivity index (χ0) is 8.78. The molecule has 0 fully saturated rings. The topological polar surface area (TPSA) is 63.6 Å². The van der Waals surface area contributed by atoms with Crippen molar-refractivity contribution in [3.8, 4) is 0 Å². The van der Waals surface area contributed by atoms with E-state index in [4.69, 9.17) is 4.55 Å². The van der Waals surface area contributed by atoms with E-state index in [1.54, 1.807) is 0 Å². The van der Waals surface area contributed by atoms with Crippen LogP contribution >= 0.6 is 7.92 Å². The molecule has 0 unspecified atom stereocenters. The minimum Gasteiger partial charge on any atom is -0.264 e. The van der Waals surface area contributed by atoms with Crippen molar-refractivity contribution in [1.29, 1.82) is 0 Å². The maximum absolute atomic E-state index is 9.33. The highest BCUT2D eigenvalue weighted by Gasteiger charge is 1.93. The van der Waals surface area contributed by atoms with Crippen LogP contribution in [0.5, 0.6) is 0 Å². The average Bonchev–Trinajstić information content (AvgIpc) is 1.63. The first-order valence-corrected chi connectivity index (χ1v) is 6.48. The van der Waals surface area contributed by atoms with Gasteiger partial charge in [0.1, 0.15) is 0 Å². The first-order chi connectivity index (χ1) is 4.29. The highest BCUT2D eigenvalue weighted by molar-refractivity contribution is 7.80. The van der Waals surface area contributed by atoms with Crippen LogP contribution in [0.25, 0.3) is 0 Å². The lowest BCUT2D eigenvalue weighted by molar-refractivity contribution is 0.324. The van der Waals surface area contributed by atoms with E-state index in [1.165, 1.54) is 0 Å². The van der Waals surface area contributed by atoms with Gasteiger partial charge < -0.3 is 0 Å². The van der Waals surface area contributed by atoms with Crippen molar-refractivity contribution < 1.29 is 17.2 Å². The van der Waals surface area contributed by atoms with Crippen LogP contribution in [0.3, 0.4) is 0 Å². The molecular weight excluding hydrogens is 175 g/mol. The summed E-state index contributed by atoms with van der Waals surface area (Å²) in [5.41, 5.74) is 0. The molecule has 0 saturated heterocycles. The van der Waals surface area contributed by atoms with Gasteiger partial charge in [-0.05, 0) is 20.0 Å². The molecule has 0 radical (unpaired) electrons. The molecule has 6 heteroatoms. The first-order valence-electron chi connectivity index (χ1n) is 2.43. The van der Waals surface area contributed by atoms with Crippen LogP contribution < -0.4 is 0 Å². The molecule has 0 heterocycles. The Labute approximate surface area is 63.3 Å². The van der Waals surface area contributed by atoms with Gasteiger partial charge in [0.25, 0.3) is 0 Å². The van der Waals surface area contributed by atoms with Crippen LogP contribution in [0.1, 0.15) is 0 Å². The molecular formula is C4H13O4PS. The molecule has 0 aromatic heterocycles. The van der Waals surface area contributed by atoms with E-state index in [0.29, 0.717) is 7.92 Å². The summed E-state index contributed by atoms with van der Waals surface area (Å²) in [6.07, 6.45) is 0. The summed E-state index contributed by atoms with van der Waals surface area (Å²) in [6, 6.07) is 0. The van der Waals surface area contributed by atoms with Crippen LogP contribution in [0.15, 0.2) is 0 Å². The standard InChI is InChI=1S/C3H9P.CH4O4S/c1-4(2)3;1-5-6(2,3)4/h1-3H3;1H3,(H,2,3,4). The van der Waals surface area contributed by atoms with Gasteiger partial charge in [-0.3, -0.25) is 8.74 Å². The van der Waals surface area contributed by atoms with Gasteiger partial charge >= 0.3 is 10.4 Å². The maximum Gasteiger partial charge on any atom is 0.397 e. The van der Waals surface area contributed by atoms with Crippen molar-refractivity contribution in [2.75, 3.05) is 27.1 Å². The van der Waals surface area contributed by atoms with E-state index >= 15 is 0 Å². The van der Waals surface area contributed by atoms with E-state index in [-0.39, 0.29) is 0 Å². The molecule has 10 heavy (non-hydrogen) atoms. The fraction of sp³-hybridized carbons (Fsp3) is 1.00. The largest absolute Gasteiger partial charge is 0.397 e. The molecule has 0 aromatic carbocycles. The smallest absolute Gasteiger partial charge is 0.264 e. The molecule has 0 rings (SSSR count). The molecule has 1 N–H and O–H groups in total. The van der Waals surface area contributed by atoms with Gasteiger partial charge in [-0.15, -0.1) is 7.92 Å². The Morgan fingerprint density at radius 2 is 1.40 bits per heavy atom. The maximum atomic E-state index is 9.33. The quantitative estimate of drug-likeness (QED) is 0.488. The van der Waals surface area contributed by atoms with Gasteiger partial charge in [-0.2, -0.15) is 8.42 Å². The summed E-state index contributed by atoms with van der Waals surface area (Å²) < 4.78 is 29.7. The van der Waals surface area contributed by atoms with Gasteiger partial charge in [0, 0.05) is 0 Å². The Morgan fingerprint density at radius 1 is 1.30 bits per heavy atom. The van der Waals surface area contributed by atoms with Crippen molar-refractivity contribution in [3.05, 3.63) is 0 Å². The van der Waals surface area contributed by atoms with Crippen LogP contribution in [0, 0.1) is 0 Å². The number of hydrogen-bond donors (Lipinski definition) is 1. The average molecular weight is 188 g/mol. The molecule has 64 valence electrons. The van der Waals surface area contributed by atoms with Crippen molar-refractivity contribution in [3.63, 3.8) is 0 Å². The van der Waals surface area contributed by atoms with Crippen LogP contribution in [-0.4, -0.2) is 40.1 Å². The Bertz CT molecular complexity index is 148. The van der Waals surface area contributed by atoms with Gasteiger partial charge in [0.2, 0.25) is 0 Å². The molecule has 0 atom stereocenters. The third-order valence-corrected chi connectivity index (χ3v) is 0.632. The molecule has 0 spiro atoms. The lowest BCUT2D eigenvalue weighted by Crippen LogP contribution is -1.96.